The molecule has 1 N–H and O–H groups in total. The highest BCUT2D eigenvalue weighted by Gasteiger charge is 2.28. The molecule has 20 heavy (non-hydrogen) atoms. The van der Waals surface area contributed by atoms with Crippen LogP contribution in [0.25, 0.3) is 0 Å². The van der Waals surface area contributed by atoms with Gasteiger partial charge in [-0.15, -0.1) is 0 Å². The number of nitrogens with zero attached hydrogens (tertiary/aromatic N) is 3. The van der Waals surface area contributed by atoms with Gasteiger partial charge in [0.2, 0.25) is 0 Å². The molecule has 0 aliphatic carbocycles. The Morgan fingerprint density at radius 1 is 1.30 bits per heavy atom. The van der Waals surface area contributed by atoms with Crippen molar-refractivity contribution in [2.45, 2.75) is 46.2 Å². The highest BCUT2D eigenvalue weighted by atomic mass is 15.3. The molecule has 1 saturated heterocycles. The second-order valence-electron chi connectivity index (χ2n) is 7.62. The molecule has 0 bridgehead atoms. The van der Waals surface area contributed by atoms with Crippen molar-refractivity contribution in [2.75, 3.05) is 26.2 Å². The molecule has 0 aromatic carbocycles. The minimum atomic E-state index is 0.152. The van der Waals surface area contributed by atoms with Crippen molar-refractivity contribution in [1.82, 2.24) is 20.0 Å². The van der Waals surface area contributed by atoms with Crippen molar-refractivity contribution in [1.29, 1.82) is 0 Å². The molecule has 0 amide bonds. The van der Waals surface area contributed by atoms with Crippen LogP contribution in [-0.4, -0.2) is 40.9 Å². The van der Waals surface area contributed by atoms with Crippen LogP contribution in [0.1, 0.15) is 39.1 Å². The van der Waals surface area contributed by atoms with Gasteiger partial charge in [-0.3, -0.25) is 9.58 Å². The number of fused-ring (bicyclic) bond motifs is 1. The molecule has 0 unspecified atom stereocenters. The number of hydrogen-bond donors (Lipinski definition) is 1. The van der Waals surface area contributed by atoms with E-state index in [-0.39, 0.29) is 5.41 Å². The zero-order valence-electron chi connectivity index (χ0n) is 13.3. The fourth-order valence-corrected chi connectivity index (χ4v) is 3.28. The van der Waals surface area contributed by atoms with Gasteiger partial charge in [0.25, 0.3) is 0 Å². The minimum Gasteiger partial charge on any atom is -0.316 e. The van der Waals surface area contributed by atoms with Crippen LogP contribution in [-0.2, 0) is 18.5 Å². The third-order valence-corrected chi connectivity index (χ3v) is 4.82. The number of nitrogens with one attached hydrogen (secondary N) is 1. The van der Waals surface area contributed by atoms with Crippen molar-refractivity contribution < 1.29 is 0 Å². The highest BCUT2D eigenvalue weighted by Crippen LogP contribution is 2.25. The van der Waals surface area contributed by atoms with Crippen LogP contribution in [0.15, 0.2) is 6.07 Å². The predicted octanol–water partition coefficient (Wildman–Crippen LogP) is 1.85. The maximum absolute atomic E-state index is 4.78. The molecule has 0 spiro atoms. The second-order valence-corrected chi connectivity index (χ2v) is 7.62. The normalized spacial score (nSPS) is 27.8. The lowest BCUT2D eigenvalue weighted by Crippen LogP contribution is -2.38. The first-order chi connectivity index (χ1) is 9.43. The molecule has 4 nitrogen and oxygen atoms in total. The summed E-state index contributed by atoms with van der Waals surface area (Å²) in [4.78, 5) is 2.61. The van der Waals surface area contributed by atoms with E-state index in [9.17, 15) is 0 Å². The summed E-state index contributed by atoms with van der Waals surface area (Å²) >= 11 is 0. The fraction of sp³-hybridized carbons (Fsp3) is 0.812. The van der Waals surface area contributed by atoms with Gasteiger partial charge in [-0.1, -0.05) is 27.7 Å². The molecular weight excluding hydrogens is 248 g/mol. The minimum absolute atomic E-state index is 0.152. The first-order valence-corrected chi connectivity index (χ1v) is 7.94. The van der Waals surface area contributed by atoms with Gasteiger partial charge in [0, 0.05) is 25.0 Å². The van der Waals surface area contributed by atoms with E-state index in [1.165, 1.54) is 31.0 Å². The van der Waals surface area contributed by atoms with Gasteiger partial charge in [0.15, 0.2) is 0 Å². The Hall–Kier alpha value is -0.870. The zero-order chi connectivity index (χ0) is 14.3. The Morgan fingerprint density at radius 2 is 2.10 bits per heavy atom. The van der Waals surface area contributed by atoms with E-state index in [1.54, 1.807) is 0 Å². The van der Waals surface area contributed by atoms with Gasteiger partial charge in [0.1, 0.15) is 0 Å². The summed E-state index contributed by atoms with van der Waals surface area (Å²) in [6.45, 7) is 15.9. The van der Waals surface area contributed by atoms with E-state index < -0.39 is 0 Å². The molecule has 3 heterocycles. The first-order valence-electron chi connectivity index (χ1n) is 7.94. The Balaban J connectivity index is 1.67. The van der Waals surface area contributed by atoms with E-state index in [0.29, 0.717) is 0 Å². The quantitative estimate of drug-likeness (QED) is 0.895. The molecule has 112 valence electrons. The van der Waals surface area contributed by atoms with Crippen molar-refractivity contribution in [2.24, 2.45) is 11.8 Å². The van der Waals surface area contributed by atoms with E-state index >= 15 is 0 Å². The highest BCUT2D eigenvalue weighted by molar-refractivity contribution is 5.18. The molecule has 2 aliphatic rings. The summed E-state index contributed by atoms with van der Waals surface area (Å²) < 4.78 is 2.22. The van der Waals surface area contributed by atoms with E-state index in [2.05, 4.69) is 48.7 Å². The average molecular weight is 276 g/mol. The van der Waals surface area contributed by atoms with Gasteiger partial charge in [-0.25, -0.2) is 0 Å². The van der Waals surface area contributed by atoms with Crippen LogP contribution in [0.5, 0.6) is 0 Å². The maximum atomic E-state index is 4.78. The Morgan fingerprint density at radius 3 is 2.75 bits per heavy atom. The summed E-state index contributed by atoms with van der Waals surface area (Å²) in [6, 6.07) is 2.31. The Kier molecular flexibility index (Phi) is 3.63. The number of rotatable bonds is 2. The summed E-state index contributed by atoms with van der Waals surface area (Å²) in [5, 5.41) is 8.29. The topological polar surface area (TPSA) is 33.1 Å². The number of hydrogen-bond acceptors (Lipinski definition) is 3. The van der Waals surface area contributed by atoms with E-state index in [1.807, 2.05) is 0 Å². The predicted molar refractivity (Wildman–Crippen MR) is 81.7 cm³/mol. The van der Waals surface area contributed by atoms with Crippen LogP contribution < -0.4 is 5.32 Å². The SMILES string of the molecule is C[C@@H]1CNC[C@H]1CN1CCn2nc(C(C)(C)C)cc2C1. The number of aromatic nitrogens is 2. The van der Waals surface area contributed by atoms with E-state index in [0.717, 1.165) is 31.5 Å². The van der Waals surface area contributed by atoms with Crippen molar-refractivity contribution in [3.8, 4) is 0 Å². The lowest BCUT2D eigenvalue weighted by atomic mass is 9.92. The first kappa shape index (κ1) is 14.1. The summed E-state index contributed by atoms with van der Waals surface area (Å²) in [7, 11) is 0. The third kappa shape index (κ3) is 2.77. The average Bonchev–Trinajstić information content (AvgIpc) is 2.95. The summed E-state index contributed by atoms with van der Waals surface area (Å²) in [6.07, 6.45) is 0. The maximum Gasteiger partial charge on any atom is 0.0681 e. The third-order valence-electron chi connectivity index (χ3n) is 4.82. The van der Waals surface area contributed by atoms with Gasteiger partial charge < -0.3 is 5.32 Å². The molecule has 2 atom stereocenters. The van der Waals surface area contributed by atoms with Crippen LogP contribution in [0.2, 0.25) is 0 Å². The monoisotopic (exact) mass is 276 g/mol. The van der Waals surface area contributed by atoms with Gasteiger partial charge >= 0.3 is 0 Å². The summed E-state index contributed by atoms with van der Waals surface area (Å²) in [5.41, 5.74) is 2.77. The molecular formula is C16H28N4. The molecule has 1 fully saturated rings. The van der Waals surface area contributed by atoms with Gasteiger partial charge in [-0.2, -0.15) is 5.10 Å². The lowest BCUT2D eigenvalue weighted by molar-refractivity contribution is 0.174. The standard InChI is InChI=1S/C16H28N4/c1-12-8-17-9-13(12)10-19-5-6-20-14(11-19)7-15(18-20)16(2,3)4/h7,12-13,17H,5-6,8-11H2,1-4H3/t12-,13+/m1/s1. The second kappa shape index (κ2) is 5.15. The summed E-state index contributed by atoms with van der Waals surface area (Å²) in [5.74, 6) is 1.62. The van der Waals surface area contributed by atoms with E-state index in [4.69, 9.17) is 5.10 Å². The van der Waals surface area contributed by atoms with Crippen LogP contribution in [0.4, 0.5) is 0 Å². The smallest absolute Gasteiger partial charge is 0.0681 e. The Bertz CT molecular complexity index is 471. The molecule has 0 saturated carbocycles. The molecule has 1 aromatic heterocycles. The van der Waals surface area contributed by atoms with Gasteiger partial charge in [-0.05, 0) is 31.0 Å². The van der Waals surface area contributed by atoms with Crippen LogP contribution in [0.3, 0.4) is 0 Å². The van der Waals surface area contributed by atoms with Gasteiger partial charge in [0.05, 0.1) is 17.9 Å². The Labute approximate surface area is 122 Å². The zero-order valence-corrected chi connectivity index (χ0v) is 13.3. The molecule has 0 radical (unpaired) electrons. The molecule has 2 aliphatic heterocycles. The van der Waals surface area contributed by atoms with Crippen molar-refractivity contribution >= 4 is 0 Å². The molecule has 4 heteroatoms. The largest absolute Gasteiger partial charge is 0.316 e. The van der Waals surface area contributed by atoms with Crippen molar-refractivity contribution in [3.05, 3.63) is 17.5 Å². The van der Waals surface area contributed by atoms with Crippen LogP contribution in [0, 0.1) is 11.8 Å². The molecule has 3 rings (SSSR count). The van der Waals surface area contributed by atoms with Crippen molar-refractivity contribution in [3.63, 3.8) is 0 Å². The fourth-order valence-electron chi connectivity index (χ4n) is 3.28. The molecule has 1 aromatic rings. The lowest BCUT2D eigenvalue weighted by Gasteiger charge is -2.30. The van der Waals surface area contributed by atoms with Crippen LogP contribution >= 0.6 is 0 Å².